The van der Waals surface area contributed by atoms with Crippen molar-refractivity contribution in [1.29, 1.82) is 0 Å². The number of halogens is 2. The molecule has 0 bridgehead atoms. The molecule has 0 N–H and O–H groups in total. The molecule has 29 heavy (non-hydrogen) atoms. The summed E-state index contributed by atoms with van der Waals surface area (Å²) < 4.78 is 12.8. The van der Waals surface area contributed by atoms with Gasteiger partial charge in [0.25, 0.3) is 0 Å². The van der Waals surface area contributed by atoms with Crippen LogP contribution in [-0.4, -0.2) is 12.8 Å². The molecule has 0 heterocycles. The van der Waals surface area contributed by atoms with Crippen LogP contribution in [0.15, 0.2) is 64.1 Å². The number of benzene rings is 3. The number of nitrogens with zero attached hydrogens (tertiary/aromatic N) is 1. The lowest BCUT2D eigenvalue weighted by Crippen LogP contribution is -2.01. The highest BCUT2D eigenvalue weighted by atomic mass is 79.9. The number of hydrogen-bond acceptors (Lipinski definition) is 3. The van der Waals surface area contributed by atoms with Crippen molar-refractivity contribution in [2.75, 3.05) is 6.61 Å². The first-order valence-electron chi connectivity index (χ1n) is 9.41. The molecule has 0 unspecified atom stereocenters. The maximum Gasteiger partial charge on any atom is 0.180 e. The normalized spacial score (nSPS) is 11.1. The summed E-state index contributed by atoms with van der Waals surface area (Å²) in [6.45, 7) is 7.00. The van der Waals surface area contributed by atoms with Crippen LogP contribution in [0.4, 0.5) is 5.69 Å². The molecular weight excluding hydrogens is 450 g/mol. The Hall–Kier alpha value is -2.30. The van der Waals surface area contributed by atoms with Crippen molar-refractivity contribution in [2.24, 2.45) is 4.99 Å². The monoisotopic (exact) mass is 471 g/mol. The molecule has 0 aromatic heterocycles. The van der Waals surface area contributed by atoms with Gasteiger partial charge in [-0.1, -0.05) is 51.8 Å². The Labute approximate surface area is 185 Å². The third-order valence-electron chi connectivity index (χ3n) is 4.56. The van der Waals surface area contributed by atoms with E-state index in [-0.39, 0.29) is 0 Å². The van der Waals surface area contributed by atoms with Gasteiger partial charge in [-0.25, -0.2) is 0 Å². The molecule has 3 nitrogen and oxygen atoms in total. The van der Waals surface area contributed by atoms with E-state index in [1.165, 1.54) is 5.56 Å². The standard InChI is InChI=1S/C24H23BrClNO2/c1-4-28-23-13-19(14-27-22-7-5-6-16(2)17(22)3)12-21(26)24(23)29-15-18-8-10-20(25)11-9-18/h5-14H,4,15H2,1-3H3. The number of aliphatic imine (C=N–C) groups is 1. The van der Waals surface area contributed by atoms with Crippen LogP contribution in [0.5, 0.6) is 11.5 Å². The minimum atomic E-state index is 0.406. The molecule has 0 saturated carbocycles. The van der Waals surface area contributed by atoms with Crippen LogP contribution in [0.25, 0.3) is 0 Å². The summed E-state index contributed by atoms with van der Waals surface area (Å²) >= 11 is 9.96. The zero-order chi connectivity index (χ0) is 20.8. The molecule has 150 valence electrons. The van der Waals surface area contributed by atoms with E-state index >= 15 is 0 Å². The van der Waals surface area contributed by atoms with Crippen molar-refractivity contribution < 1.29 is 9.47 Å². The number of ether oxygens (including phenoxy) is 2. The number of rotatable bonds is 7. The van der Waals surface area contributed by atoms with Gasteiger partial charge in [-0.05, 0) is 73.4 Å². The maximum absolute atomic E-state index is 6.53. The van der Waals surface area contributed by atoms with Crippen LogP contribution in [-0.2, 0) is 6.61 Å². The van der Waals surface area contributed by atoms with Gasteiger partial charge in [0, 0.05) is 10.7 Å². The SMILES string of the molecule is CCOc1cc(C=Nc2cccc(C)c2C)cc(Cl)c1OCc1ccc(Br)cc1. The summed E-state index contributed by atoms with van der Waals surface area (Å²) in [5.74, 6) is 1.15. The lowest BCUT2D eigenvalue weighted by molar-refractivity contribution is 0.269. The van der Waals surface area contributed by atoms with E-state index in [0.717, 1.165) is 26.9 Å². The van der Waals surface area contributed by atoms with Crippen molar-refractivity contribution in [3.05, 3.63) is 86.3 Å². The zero-order valence-electron chi connectivity index (χ0n) is 16.7. The van der Waals surface area contributed by atoms with Crippen LogP contribution >= 0.6 is 27.5 Å². The Morgan fingerprint density at radius 3 is 2.52 bits per heavy atom. The lowest BCUT2D eigenvalue weighted by Gasteiger charge is -2.14. The van der Waals surface area contributed by atoms with E-state index in [0.29, 0.717) is 29.7 Å². The largest absolute Gasteiger partial charge is 0.490 e. The van der Waals surface area contributed by atoms with Crippen LogP contribution in [0, 0.1) is 13.8 Å². The number of hydrogen-bond donors (Lipinski definition) is 0. The highest BCUT2D eigenvalue weighted by Crippen LogP contribution is 2.37. The topological polar surface area (TPSA) is 30.8 Å². The molecule has 0 aliphatic carbocycles. The molecule has 3 aromatic carbocycles. The maximum atomic E-state index is 6.53. The summed E-state index contributed by atoms with van der Waals surface area (Å²) in [6, 6.07) is 17.8. The van der Waals surface area contributed by atoms with Gasteiger partial charge in [0.2, 0.25) is 0 Å². The Bertz CT molecular complexity index is 1020. The van der Waals surface area contributed by atoms with E-state index < -0.39 is 0 Å². The summed E-state index contributed by atoms with van der Waals surface area (Å²) in [6.07, 6.45) is 1.80. The van der Waals surface area contributed by atoms with Crippen LogP contribution in [0.1, 0.15) is 29.2 Å². The van der Waals surface area contributed by atoms with E-state index in [1.807, 2.05) is 55.5 Å². The van der Waals surface area contributed by atoms with Crippen molar-refractivity contribution in [3.63, 3.8) is 0 Å². The highest BCUT2D eigenvalue weighted by Gasteiger charge is 2.13. The van der Waals surface area contributed by atoms with Gasteiger partial charge in [-0.2, -0.15) is 0 Å². The first-order chi connectivity index (χ1) is 14.0. The molecule has 3 aromatic rings. The molecule has 0 saturated heterocycles. The minimum Gasteiger partial charge on any atom is -0.490 e. The first-order valence-corrected chi connectivity index (χ1v) is 10.6. The molecule has 0 aliphatic heterocycles. The van der Waals surface area contributed by atoms with Gasteiger partial charge in [0.05, 0.1) is 17.3 Å². The van der Waals surface area contributed by atoms with E-state index in [1.54, 1.807) is 6.21 Å². The molecule has 0 spiro atoms. The van der Waals surface area contributed by atoms with Gasteiger partial charge in [0.15, 0.2) is 11.5 Å². The van der Waals surface area contributed by atoms with Crippen molar-refractivity contribution in [2.45, 2.75) is 27.4 Å². The fourth-order valence-electron chi connectivity index (χ4n) is 2.82. The molecule has 5 heteroatoms. The summed E-state index contributed by atoms with van der Waals surface area (Å²) in [5.41, 5.74) is 5.22. The smallest absolute Gasteiger partial charge is 0.180 e. The summed E-state index contributed by atoms with van der Waals surface area (Å²) in [7, 11) is 0. The summed E-state index contributed by atoms with van der Waals surface area (Å²) in [4.78, 5) is 4.63. The Morgan fingerprint density at radius 1 is 1.03 bits per heavy atom. The van der Waals surface area contributed by atoms with Gasteiger partial charge < -0.3 is 9.47 Å². The third kappa shape index (κ3) is 5.62. The van der Waals surface area contributed by atoms with E-state index in [4.69, 9.17) is 21.1 Å². The molecule has 0 fully saturated rings. The number of aryl methyl sites for hydroxylation is 1. The fourth-order valence-corrected chi connectivity index (χ4v) is 3.36. The van der Waals surface area contributed by atoms with Crippen LogP contribution < -0.4 is 9.47 Å². The van der Waals surface area contributed by atoms with Gasteiger partial charge in [0.1, 0.15) is 6.61 Å². The highest BCUT2D eigenvalue weighted by molar-refractivity contribution is 9.10. The Morgan fingerprint density at radius 2 is 1.79 bits per heavy atom. The molecule has 0 atom stereocenters. The summed E-state index contributed by atoms with van der Waals surface area (Å²) in [5, 5.41) is 0.496. The minimum absolute atomic E-state index is 0.406. The second-order valence-electron chi connectivity index (χ2n) is 6.66. The quantitative estimate of drug-likeness (QED) is 0.334. The van der Waals surface area contributed by atoms with E-state index in [2.05, 4.69) is 40.8 Å². The predicted octanol–water partition coefficient (Wildman–Crippen LogP) is 7.45. The molecule has 0 radical (unpaired) electrons. The van der Waals surface area contributed by atoms with Crippen LogP contribution in [0.2, 0.25) is 5.02 Å². The second-order valence-corrected chi connectivity index (χ2v) is 7.98. The van der Waals surface area contributed by atoms with Crippen LogP contribution in [0.3, 0.4) is 0 Å². The molecule has 0 aliphatic rings. The second kappa shape index (κ2) is 9.95. The van der Waals surface area contributed by atoms with Gasteiger partial charge in [-0.3, -0.25) is 4.99 Å². The average Bonchev–Trinajstić information content (AvgIpc) is 2.70. The van der Waals surface area contributed by atoms with Crippen molar-refractivity contribution >= 4 is 39.4 Å². The fraction of sp³-hybridized carbons (Fsp3) is 0.208. The van der Waals surface area contributed by atoms with Gasteiger partial charge >= 0.3 is 0 Å². The van der Waals surface area contributed by atoms with Crippen molar-refractivity contribution in [1.82, 2.24) is 0 Å². The Kier molecular flexibility index (Phi) is 7.34. The zero-order valence-corrected chi connectivity index (χ0v) is 19.0. The van der Waals surface area contributed by atoms with Gasteiger partial charge in [-0.15, -0.1) is 0 Å². The third-order valence-corrected chi connectivity index (χ3v) is 5.37. The predicted molar refractivity (Wildman–Crippen MR) is 124 cm³/mol. The lowest BCUT2D eigenvalue weighted by atomic mass is 10.1. The molecule has 0 amide bonds. The first kappa shape index (κ1) is 21.4. The van der Waals surface area contributed by atoms with E-state index in [9.17, 15) is 0 Å². The Balaban J connectivity index is 1.84. The molecule has 3 rings (SSSR count). The van der Waals surface area contributed by atoms with Crippen molar-refractivity contribution in [3.8, 4) is 11.5 Å². The molecular formula is C24H23BrClNO2. The average molecular weight is 473 g/mol.